The minimum Gasteiger partial charge on any atom is -1.00 e. The average Bonchev–Trinajstić information content (AvgIpc) is 3.56. The number of rotatable bonds is 11. The molecule has 0 aromatic heterocycles. The van der Waals surface area contributed by atoms with Crippen LogP contribution in [0.5, 0.6) is 0 Å². The number of nitrogens with one attached hydrogen (secondary N) is 3. The van der Waals surface area contributed by atoms with Crippen LogP contribution >= 0.6 is 0 Å². The van der Waals surface area contributed by atoms with Gasteiger partial charge in [0.1, 0.15) is 18.1 Å². The van der Waals surface area contributed by atoms with Crippen molar-refractivity contribution in [2.75, 3.05) is 6.54 Å². The topological polar surface area (TPSA) is 117 Å². The van der Waals surface area contributed by atoms with Crippen LogP contribution in [0.1, 0.15) is 25.4 Å². The monoisotopic (exact) mass is 433 g/mol. The molecule has 1 aliphatic rings. The number of aryl methyl sites for hydroxylation is 1. The molecule has 0 aliphatic carbocycles. The van der Waals surface area contributed by atoms with Gasteiger partial charge < -0.3 is 17.2 Å². The maximum Gasteiger partial charge on any atom is 1.00 e. The summed E-state index contributed by atoms with van der Waals surface area (Å²) < 4.78 is 0. The van der Waals surface area contributed by atoms with Gasteiger partial charge in [-0.05, 0) is 30.4 Å². The Morgan fingerprint density at radius 2 is 1.55 bits per heavy atom. The fourth-order valence-electron chi connectivity index (χ4n) is 3.33. The number of amides is 2. The molecule has 3 atom stereocenters. The first-order valence-corrected chi connectivity index (χ1v) is 10.2. The smallest absolute Gasteiger partial charge is 1.00 e. The van der Waals surface area contributed by atoms with Gasteiger partial charge in [0.05, 0.1) is 0 Å². The molecule has 0 radical (unpaired) electrons. The molecule has 1 saturated heterocycles. The molecule has 1 heterocycles. The minimum atomic E-state index is -1.07. The van der Waals surface area contributed by atoms with E-state index in [1.165, 1.54) is 5.56 Å². The molecule has 0 unspecified atom stereocenters. The van der Waals surface area contributed by atoms with Gasteiger partial charge in [0.2, 0.25) is 11.8 Å². The van der Waals surface area contributed by atoms with Gasteiger partial charge in [0.15, 0.2) is 0 Å². The van der Waals surface area contributed by atoms with E-state index >= 15 is 0 Å². The second kappa shape index (κ2) is 12.6. The van der Waals surface area contributed by atoms with Crippen molar-refractivity contribution < 1.29 is 50.5 Å². The summed E-state index contributed by atoms with van der Waals surface area (Å²) >= 11 is 0. The molecule has 2 amide bonds. The first-order chi connectivity index (χ1) is 14.5. The van der Waals surface area contributed by atoms with Crippen LogP contribution in [-0.2, 0) is 27.2 Å². The standard InChI is InChI=1S/C23H27N3O4.Na.H/c27-21(24-14-8-7-11-16-9-3-1-4-10-16)18(15-17-12-5-2-6-13-17)25-22(28)19-20(26-19)23(29)30;;/h1-6,9-10,12-13,18-20,26H,7-8,11,14-15H2,(H,24,27)(H,25,28)(H,29,30);;/q;+1;-1/t18-,19-,20-;;/m0../s1. The number of unbranched alkanes of at least 4 members (excludes halogenated alkanes) is 1. The summed E-state index contributed by atoms with van der Waals surface area (Å²) in [4.78, 5) is 36.0. The molecule has 2 aromatic rings. The van der Waals surface area contributed by atoms with Gasteiger partial charge in [-0.25, -0.2) is 0 Å². The van der Waals surface area contributed by atoms with E-state index in [0.29, 0.717) is 13.0 Å². The third kappa shape index (κ3) is 8.10. The number of hydrogen-bond donors (Lipinski definition) is 4. The molecular formula is C23H28N3NaO4. The fraction of sp³-hybridized carbons (Fsp3) is 0.348. The zero-order valence-corrected chi connectivity index (χ0v) is 19.7. The SMILES string of the molecule is O=C(NCCCCc1ccccc1)[C@H](Cc1ccccc1)NC(=O)[C@H]1N[C@@H]1C(=O)O.[H-].[Na+]. The Balaban J connectivity index is 0.00000256. The summed E-state index contributed by atoms with van der Waals surface area (Å²) in [7, 11) is 0. The predicted molar refractivity (Wildman–Crippen MR) is 114 cm³/mol. The summed E-state index contributed by atoms with van der Waals surface area (Å²) in [5, 5.41) is 17.2. The van der Waals surface area contributed by atoms with E-state index in [2.05, 4.69) is 28.1 Å². The van der Waals surface area contributed by atoms with Crippen LogP contribution in [0.4, 0.5) is 0 Å². The van der Waals surface area contributed by atoms with E-state index in [1.807, 2.05) is 48.5 Å². The summed E-state index contributed by atoms with van der Waals surface area (Å²) in [5.74, 6) is -1.81. The summed E-state index contributed by atoms with van der Waals surface area (Å²) in [6, 6.07) is 17.2. The van der Waals surface area contributed by atoms with Crippen LogP contribution in [0.3, 0.4) is 0 Å². The van der Waals surface area contributed by atoms with E-state index in [1.54, 1.807) is 0 Å². The maximum atomic E-state index is 12.7. The van der Waals surface area contributed by atoms with Crippen molar-refractivity contribution in [3.63, 3.8) is 0 Å². The van der Waals surface area contributed by atoms with Crippen LogP contribution in [0.15, 0.2) is 60.7 Å². The zero-order valence-electron chi connectivity index (χ0n) is 18.7. The molecule has 31 heavy (non-hydrogen) atoms. The first-order valence-electron chi connectivity index (χ1n) is 10.2. The van der Waals surface area contributed by atoms with Crippen LogP contribution in [0, 0.1) is 0 Å². The number of carboxylic acid groups (broad SMARTS) is 1. The van der Waals surface area contributed by atoms with Gasteiger partial charge in [-0.3, -0.25) is 19.7 Å². The van der Waals surface area contributed by atoms with Gasteiger partial charge in [0, 0.05) is 13.0 Å². The Morgan fingerprint density at radius 3 is 2.13 bits per heavy atom. The molecule has 1 aliphatic heterocycles. The molecule has 7 nitrogen and oxygen atoms in total. The Morgan fingerprint density at radius 1 is 0.935 bits per heavy atom. The van der Waals surface area contributed by atoms with Gasteiger partial charge in [-0.1, -0.05) is 60.7 Å². The predicted octanol–water partition coefficient (Wildman–Crippen LogP) is -1.61. The van der Waals surface area contributed by atoms with Crippen molar-refractivity contribution in [1.29, 1.82) is 0 Å². The number of benzene rings is 2. The van der Waals surface area contributed by atoms with Crippen molar-refractivity contribution in [2.24, 2.45) is 0 Å². The number of hydrogen-bond acceptors (Lipinski definition) is 4. The van der Waals surface area contributed by atoms with Crippen LogP contribution in [0.2, 0.25) is 0 Å². The molecule has 8 heteroatoms. The number of carbonyl (C=O) groups is 3. The van der Waals surface area contributed by atoms with Gasteiger partial charge in [0.25, 0.3) is 0 Å². The molecule has 2 aromatic carbocycles. The van der Waals surface area contributed by atoms with Gasteiger partial charge in [-0.2, -0.15) is 0 Å². The second-order valence-corrected chi connectivity index (χ2v) is 7.44. The maximum absolute atomic E-state index is 12.7. The van der Waals surface area contributed by atoms with Gasteiger partial charge in [-0.15, -0.1) is 0 Å². The molecular weight excluding hydrogens is 405 g/mol. The van der Waals surface area contributed by atoms with Crippen molar-refractivity contribution in [3.8, 4) is 0 Å². The molecule has 3 rings (SSSR count). The summed E-state index contributed by atoms with van der Waals surface area (Å²) in [6.07, 6.45) is 3.07. The molecule has 160 valence electrons. The number of carboxylic acids is 1. The number of carbonyl (C=O) groups excluding carboxylic acids is 2. The van der Waals surface area contributed by atoms with Gasteiger partial charge >= 0.3 is 35.5 Å². The molecule has 1 fully saturated rings. The van der Waals surface area contributed by atoms with Crippen molar-refractivity contribution >= 4 is 17.8 Å². The van der Waals surface area contributed by atoms with Crippen LogP contribution in [0.25, 0.3) is 0 Å². The van der Waals surface area contributed by atoms with E-state index in [9.17, 15) is 14.4 Å². The molecule has 0 saturated carbocycles. The summed E-state index contributed by atoms with van der Waals surface area (Å²) in [5.41, 5.74) is 2.18. The summed E-state index contributed by atoms with van der Waals surface area (Å²) in [6.45, 7) is 0.520. The largest absolute Gasteiger partial charge is 1.00 e. The normalized spacial score (nSPS) is 17.7. The Hall–Kier alpha value is -2.19. The van der Waals surface area contributed by atoms with E-state index < -0.39 is 30.0 Å². The quantitative estimate of drug-likeness (QED) is 0.193. The fourth-order valence-corrected chi connectivity index (χ4v) is 3.33. The van der Waals surface area contributed by atoms with Crippen molar-refractivity contribution in [2.45, 2.75) is 43.8 Å². The molecule has 0 bridgehead atoms. The van der Waals surface area contributed by atoms with E-state index in [-0.39, 0.29) is 36.9 Å². The van der Waals surface area contributed by atoms with Crippen molar-refractivity contribution in [1.82, 2.24) is 16.0 Å². The van der Waals surface area contributed by atoms with Crippen LogP contribution in [-0.4, -0.2) is 47.6 Å². The van der Waals surface area contributed by atoms with E-state index in [4.69, 9.17) is 5.11 Å². The molecule has 0 spiro atoms. The van der Waals surface area contributed by atoms with Crippen molar-refractivity contribution in [3.05, 3.63) is 71.8 Å². The third-order valence-electron chi connectivity index (χ3n) is 5.08. The third-order valence-corrected chi connectivity index (χ3v) is 5.08. The number of aliphatic carboxylic acids is 1. The Kier molecular flexibility index (Phi) is 10.2. The Bertz CT molecular complexity index is 870. The van der Waals surface area contributed by atoms with Crippen LogP contribution < -0.4 is 45.5 Å². The van der Waals surface area contributed by atoms with E-state index in [0.717, 1.165) is 24.8 Å². The minimum absolute atomic E-state index is 0. The average molecular weight is 433 g/mol. The second-order valence-electron chi connectivity index (χ2n) is 7.44. The Labute approximate surface area is 205 Å². The zero-order chi connectivity index (χ0) is 21.3. The first kappa shape index (κ1) is 25.1. The molecule has 4 N–H and O–H groups in total.